The first-order valence-electron chi connectivity index (χ1n) is 7.50. The minimum Gasteiger partial charge on any atom is -0.294 e. The number of benzene rings is 2. The van der Waals surface area contributed by atoms with Crippen LogP contribution >= 0.6 is 0 Å². The van der Waals surface area contributed by atoms with Crippen LogP contribution in [-0.2, 0) is 23.5 Å². The molecule has 0 amide bonds. The zero-order valence-electron chi connectivity index (χ0n) is 12.6. The molecule has 23 heavy (non-hydrogen) atoms. The third-order valence-electron chi connectivity index (χ3n) is 3.98. The summed E-state index contributed by atoms with van der Waals surface area (Å²) in [7, 11) is -3.11. The van der Waals surface area contributed by atoms with E-state index in [-0.39, 0.29) is 5.92 Å². The highest BCUT2D eigenvalue weighted by Crippen LogP contribution is 2.26. The van der Waals surface area contributed by atoms with E-state index >= 15 is 0 Å². The second-order valence-corrected chi connectivity index (χ2v) is 5.91. The van der Waals surface area contributed by atoms with Crippen molar-refractivity contribution in [3.05, 3.63) is 71.3 Å². The predicted molar refractivity (Wildman–Crippen MR) is 87.0 cm³/mol. The van der Waals surface area contributed by atoms with Gasteiger partial charge in [-0.15, -0.1) is 12.6 Å². The quantitative estimate of drug-likeness (QED) is 0.794. The van der Waals surface area contributed by atoms with Crippen molar-refractivity contribution >= 4 is 16.4 Å². The highest BCUT2D eigenvalue weighted by atomic mass is 32.2. The van der Waals surface area contributed by atoms with Crippen LogP contribution in [0.5, 0.6) is 0 Å². The number of hydrogen-bond acceptors (Lipinski definition) is 4. The van der Waals surface area contributed by atoms with Gasteiger partial charge in [-0.1, -0.05) is 54.6 Å². The summed E-state index contributed by atoms with van der Waals surface area (Å²) in [5, 5.41) is 0. The Balaban J connectivity index is 0.000000433. The molecule has 1 aliphatic carbocycles. The molecule has 0 spiro atoms. The molecule has 0 saturated carbocycles. The van der Waals surface area contributed by atoms with Crippen LogP contribution in [0.25, 0.3) is 0 Å². The van der Waals surface area contributed by atoms with Gasteiger partial charge in [0.15, 0.2) is 5.78 Å². The van der Waals surface area contributed by atoms with E-state index in [1.165, 1.54) is 11.1 Å². The van der Waals surface area contributed by atoms with Crippen molar-refractivity contribution in [1.29, 1.82) is 0 Å². The van der Waals surface area contributed by atoms with Gasteiger partial charge in [0, 0.05) is 11.5 Å². The van der Waals surface area contributed by atoms with E-state index in [0.29, 0.717) is 5.78 Å². The van der Waals surface area contributed by atoms with Crippen molar-refractivity contribution in [2.75, 3.05) is 0 Å². The first-order chi connectivity index (χ1) is 11.1. The zero-order valence-corrected chi connectivity index (χ0v) is 13.5. The summed E-state index contributed by atoms with van der Waals surface area (Å²) in [6, 6.07) is 18.4. The van der Waals surface area contributed by atoms with E-state index in [4.69, 9.17) is 12.6 Å². The first kappa shape index (κ1) is 17.1. The Bertz CT molecular complexity index is 760. The Kier molecular flexibility index (Phi) is 6.23. The maximum absolute atomic E-state index is 12.6. The molecular weight excluding hydrogens is 312 g/mol. The fourth-order valence-corrected chi connectivity index (χ4v) is 2.96. The topological polar surface area (TPSA) is 68.3 Å². The lowest BCUT2D eigenvalue weighted by molar-refractivity contribution is 0.0915. The van der Waals surface area contributed by atoms with Gasteiger partial charge in [0.2, 0.25) is 0 Å². The molecule has 0 aliphatic heterocycles. The predicted octanol–water partition coefficient (Wildman–Crippen LogP) is 3.06. The second kappa shape index (κ2) is 8.39. The maximum Gasteiger partial charge on any atom is 0.425 e. The van der Waals surface area contributed by atoms with Crippen LogP contribution < -0.4 is 0 Å². The number of hydrogen-bond donors (Lipinski definition) is 0. The Labute approximate surface area is 137 Å². The van der Waals surface area contributed by atoms with Crippen molar-refractivity contribution in [2.45, 2.75) is 25.7 Å². The Morgan fingerprint density at radius 3 is 2.22 bits per heavy atom. The smallest absolute Gasteiger partial charge is 0.294 e. The highest BCUT2D eigenvalue weighted by Gasteiger charge is 2.25. The summed E-state index contributed by atoms with van der Waals surface area (Å²) in [6.07, 6.45) is 4.02. The van der Waals surface area contributed by atoms with Crippen molar-refractivity contribution < 1.29 is 17.4 Å². The highest BCUT2D eigenvalue weighted by molar-refractivity contribution is 7.59. The molecule has 2 aromatic rings. The van der Waals surface area contributed by atoms with Gasteiger partial charge in [-0.25, -0.2) is 0 Å². The monoisotopic (exact) mass is 330 g/mol. The van der Waals surface area contributed by atoms with E-state index in [1.807, 2.05) is 36.4 Å². The Morgan fingerprint density at radius 1 is 0.913 bits per heavy atom. The van der Waals surface area contributed by atoms with Crippen LogP contribution in [0.1, 0.15) is 34.3 Å². The van der Waals surface area contributed by atoms with Gasteiger partial charge < -0.3 is 0 Å². The molecule has 1 atom stereocenters. The SMILES string of the molecule is O=C1c2ccccc2CCCC1Cc1ccccc1.O=S(=O)=O. The van der Waals surface area contributed by atoms with E-state index in [0.717, 1.165) is 31.2 Å². The van der Waals surface area contributed by atoms with Crippen LogP contribution in [0.15, 0.2) is 54.6 Å². The average Bonchev–Trinajstić information content (AvgIpc) is 2.68. The summed E-state index contributed by atoms with van der Waals surface area (Å²) in [5.74, 6) is 0.475. The molecule has 1 aliphatic rings. The van der Waals surface area contributed by atoms with Gasteiger partial charge >= 0.3 is 10.6 Å². The lowest BCUT2D eigenvalue weighted by atomic mass is 9.89. The average molecular weight is 330 g/mol. The summed E-state index contributed by atoms with van der Waals surface area (Å²) in [5.41, 5.74) is 3.43. The lowest BCUT2D eigenvalue weighted by Gasteiger charge is -2.13. The summed E-state index contributed by atoms with van der Waals surface area (Å²) in [6.45, 7) is 0. The Morgan fingerprint density at radius 2 is 1.52 bits per heavy atom. The van der Waals surface area contributed by atoms with E-state index in [2.05, 4.69) is 18.2 Å². The van der Waals surface area contributed by atoms with Crippen molar-refractivity contribution in [3.8, 4) is 0 Å². The minimum absolute atomic E-state index is 0.144. The van der Waals surface area contributed by atoms with Crippen molar-refractivity contribution in [1.82, 2.24) is 0 Å². The van der Waals surface area contributed by atoms with Gasteiger partial charge in [-0.2, -0.15) is 0 Å². The number of Topliss-reactive ketones (excluding diaryl/α,β-unsaturated/α-hetero) is 1. The van der Waals surface area contributed by atoms with Gasteiger partial charge in [0.25, 0.3) is 0 Å². The normalized spacial score (nSPS) is 16.5. The summed E-state index contributed by atoms with van der Waals surface area (Å²) in [4.78, 5) is 12.6. The fraction of sp³-hybridized carbons (Fsp3) is 0.278. The Hall–Kier alpha value is -2.27. The molecule has 0 saturated heterocycles. The van der Waals surface area contributed by atoms with Crippen LogP contribution in [0.2, 0.25) is 0 Å². The summed E-state index contributed by atoms with van der Waals surface area (Å²) < 4.78 is 25.3. The van der Waals surface area contributed by atoms with Crippen LogP contribution in [0.3, 0.4) is 0 Å². The molecule has 3 rings (SSSR count). The van der Waals surface area contributed by atoms with Gasteiger partial charge in [0.1, 0.15) is 0 Å². The number of carbonyl (C=O) groups is 1. The van der Waals surface area contributed by atoms with Crippen molar-refractivity contribution in [3.63, 3.8) is 0 Å². The molecule has 1 unspecified atom stereocenters. The van der Waals surface area contributed by atoms with Crippen LogP contribution in [-0.4, -0.2) is 18.4 Å². The number of rotatable bonds is 2. The fourth-order valence-electron chi connectivity index (χ4n) is 2.96. The number of carbonyl (C=O) groups excluding carboxylic acids is 1. The maximum atomic E-state index is 12.6. The van der Waals surface area contributed by atoms with Crippen molar-refractivity contribution in [2.24, 2.45) is 5.92 Å². The molecule has 0 radical (unpaired) electrons. The molecule has 5 heteroatoms. The molecule has 4 nitrogen and oxygen atoms in total. The van der Waals surface area contributed by atoms with Crippen LogP contribution in [0, 0.1) is 5.92 Å². The second-order valence-electron chi connectivity index (χ2n) is 5.50. The standard InChI is InChI=1S/C18H18O.O3S/c19-18-16(13-14-7-2-1-3-8-14)11-6-10-15-9-4-5-12-17(15)18;1-4(2)3/h1-5,7-9,12,16H,6,10-11,13H2;. The lowest BCUT2D eigenvalue weighted by Crippen LogP contribution is -2.16. The third kappa shape index (κ3) is 5.14. The van der Waals surface area contributed by atoms with Gasteiger partial charge in [-0.05, 0) is 36.8 Å². The first-order valence-corrected chi connectivity index (χ1v) is 8.50. The zero-order chi connectivity index (χ0) is 16.7. The number of ketones is 1. The van der Waals surface area contributed by atoms with Gasteiger partial charge in [-0.3, -0.25) is 4.79 Å². The van der Waals surface area contributed by atoms with Gasteiger partial charge in [0.05, 0.1) is 0 Å². The third-order valence-corrected chi connectivity index (χ3v) is 3.98. The molecule has 0 bridgehead atoms. The number of aryl methyl sites for hydroxylation is 1. The summed E-state index contributed by atoms with van der Waals surface area (Å²) >= 11 is 0. The number of fused-ring (bicyclic) bond motifs is 1. The molecule has 2 aromatic carbocycles. The van der Waals surface area contributed by atoms with E-state index in [9.17, 15) is 4.79 Å². The molecule has 0 fully saturated rings. The van der Waals surface area contributed by atoms with E-state index < -0.39 is 10.6 Å². The molecule has 120 valence electrons. The largest absolute Gasteiger partial charge is 0.425 e. The van der Waals surface area contributed by atoms with E-state index in [1.54, 1.807) is 0 Å². The minimum atomic E-state index is -3.11. The molecule has 0 aromatic heterocycles. The molecule has 0 heterocycles. The molecule has 0 N–H and O–H groups in total. The van der Waals surface area contributed by atoms with Crippen LogP contribution in [0.4, 0.5) is 0 Å². The molecular formula is C18H18O4S.